The lowest BCUT2D eigenvalue weighted by Gasteiger charge is -2.11. The normalized spacial score (nSPS) is 12.2. The SMILES string of the molecule is C=C(C)C(=O)NCC(N)CCCC. The molecule has 0 heterocycles. The molecule has 0 aromatic carbocycles. The summed E-state index contributed by atoms with van der Waals surface area (Å²) in [6.45, 7) is 7.90. The summed E-state index contributed by atoms with van der Waals surface area (Å²) in [5, 5.41) is 2.73. The second-order valence-corrected chi connectivity index (χ2v) is 3.39. The van der Waals surface area contributed by atoms with Gasteiger partial charge in [0.1, 0.15) is 0 Å². The molecule has 13 heavy (non-hydrogen) atoms. The van der Waals surface area contributed by atoms with Gasteiger partial charge in [-0.05, 0) is 13.3 Å². The van der Waals surface area contributed by atoms with Crippen molar-refractivity contribution < 1.29 is 4.79 Å². The van der Waals surface area contributed by atoms with Crippen LogP contribution < -0.4 is 11.1 Å². The van der Waals surface area contributed by atoms with E-state index in [4.69, 9.17) is 5.73 Å². The predicted molar refractivity (Wildman–Crippen MR) is 55.3 cm³/mol. The fourth-order valence-corrected chi connectivity index (χ4v) is 0.943. The van der Waals surface area contributed by atoms with Crippen molar-refractivity contribution in [2.75, 3.05) is 6.54 Å². The molecule has 0 aromatic rings. The maximum atomic E-state index is 11.1. The largest absolute Gasteiger partial charge is 0.351 e. The average Bonchev–Trinajstić information content (AvgIpc) is 2.10. The zero-order valence-electron chi connectivity index (χ0n) is 8.60. The molecule has 0 rings (SSSR count). The van der Waals surface area contributed by atoms with Gasteiger partial charge in [0.15, 0.2) is 0 Å². The van der Waals surface area contributed by atoms with Gasteiger partial charge in [-0.2, -0.15) is 0 Å². The van der Waals surface area contributed by atoms with Crippen molar-refractivity contribution in [2.24, 2.45) is 5.73 Å². The Balaban J connectivity index is 3.51. The lowest BCUT2D eigenvalue weighted by atomic mass is 10.1. The van der Waals surface area contributed by atoms with E-state index in [0.29, 0.717) is 12.1 Å². The van der Waals surface area contributed by atoms with Crippen LogP contribution in [0.2, 0.25) is 0 Å². The molecule has 76 valence electrons. The third-order valence-electron chi connectivity index (χ3n) is 1.84. The van der Waals surface area contributed by atoms with Crippen molar-refractivity contribution in [2.45, 2.75) is 39.2 Å². The highest BCUT2D eigenvalue weighted by Gasteiger charge is 2.04. The predicted octanol–water partition coefficient (Wildman–Crippen LogP) is 1.20. The summed E-state index contributed by atoms with van der Waals surface area (Å²) in [7, 11) is 0. The van der Waals surface area contributed by atoms with Crippen LogP contribution in [0.1, 0.15) is 33.1 Å². The number of carbonyl (C=O) groups is 1. The number of carbonyl (C=O) groups excluding carboxylic acids is 1. The van der Waals surface area contributed by atoms with Gasteiger partial charge < -0.3 is 11.1 Å². The third kappa shape index (κ3) is 6.34. The molecular formula is C10H20N2O. The molecule has 1 atom stereocenters. The maximum Gasteiger partial charge on any atom is 0.246 e. The molecule has 0 aliphatic carbocycles. The van der Waals surface area contributed by atoms with E-state index in [1.165, 1.54) is 0 Å². The van der Waals surface area contributed by atoms with Crippen LogP contribution in [-0.2, 0) is 4.79 Å². The molecule has 0 spiro atoms. The minimum atomic E-state index is -0.105. The van der Waals surface area contributed by atoms with Gasteiger partial charge >= 0.3 is 0 Å². The molecular weight excluding hydrogens is 164 g/mol. The Morgan fingerprint density at radius 2 is 2.23 bits per heavy atom. The average molecular weight is 184 g/mol. The number of rotatable bonds is 6. The van der Waals surface area contributed by atoms with Gasteiger partial charge in [0.05, 0.1) is 0 Å². The summed E-state index contributed by atoms with van der Waals surface area (Å²) < 4.78 is 0. The molecule has 1 unspecified atom stereocenters. The third-order valence-corrected chi connectivity index (χ3v) is 1.84. The Labute approximate surface area is 80.4 Å². The van der Waals surface area contributed by atoms with Crippen LogP contribution in [0.3, 0.4) is 0 Å². The smallest absolute Gasteiger partial charge is 0.246 e. The van der Waals surface area contributed by atoms with E-state index in [-0.39, 0.29) is 11.9 Å². The first-order valence-electron chi connectivity index (χ1n) is 4.77. The lowest BCUT2D eigenvalue weighted by Crippen LogP contribution is -2.37. The Morgan fingerprint density at radius 1 is 1.62 bits per heavy atom. The van der Waals surface area contributed by atoms with Crippen LogP contribution in [0.25, 0.3) is 0 Å². The van der Waals surface area contributed by atoms with E-state index >= 15 is 0 Å². The molecule has 0 aliphatic heterocycles. The van der Waals surface area contributed by atoms with Crippen LogP contribution in [0.5, 0.6) is 0 Å². The van der Waals surface area contributed by atoms with Crippen molar-refractivity contribution in [3.63, 3.8) is 0 Å². The molecule has 0 aliphatic rings. The summed E-state index contributed by atoms with van der Waals surface area (Å²) in [5.74, 6) is -0.105. The number of hydrogen-bond acceptors (Lipinski definition) is 2. The Bertz CT molecular complexity index is 178. The molecule has 1 amide bonds. The molecule has 3 nitrogen and oxygen atoms in total. The molecule has 0 aromatic heterocycles. The topological polar surface area (TPSA) is 55.1 Å². The molecule has 0 saturated heterocycles. The van der Waals surface area contributed by atoms with Crippen LogP contribution >= 0.6 is 0 Å². The molecule has 0 radical (unpaired) electrons. The van der Waals surface area contributed by atoms with Gasteiger partial charge in [-0.3, -0.25) is 4.79 Å². The Hall–Kier alpha value is -0.830. The Morgan fingerprint density at radius 3 is 2.69 bits per heavy atom. The molecule has 0 saturated carbocycles. The van der Waals surface area contributed by atoms with Crippen LogP contribution in [0.15, 0.2) is 12.2 Å². The number of hydrogen-bond donors (Lipinski definition) is 2. The van der Waals surface area contributed by atoms with Crippen molar-refractivity contribution in [3.05, 3.63) is 12.2 Å². The molecule has 3 heteroatoms. The first kappa shape index (κ1) is 12.2. The van der Waals surface area contributed by atoms with Gasteiger partial charge in [-0.1, -0.05) is 26.3 Å². The highest BCUT2D eigenvalue weighted by atomic mass is 16.1. The minimum Gasteiger partial charge on any atom is -0.351 e. The molecule has 3 N–H and O–H groups in total. The zero-order valence-corrected chi connectivity index (χ0v) is 8.60. The minimum absolute atomic E-state index is 0.0725. The first-order valence-corrected chi connectivity index (χ1v) is 4.77. The highest BCUT2D eigenvalue weighted by Crippen LogP contribution is 1.97. The summed E-state index contributed by atoms with van der Waals surface area (Å²) in [5.41, 5.74) is 6.29. The summed E-state index contributed by atoms with van der Waals surface area (Å²) in [4.78, 5) is 11.1. The van der Waals surface area contributed by atoms with E-state index < -0.39 is 0 Å². The van der Waals surface area contributed by atoms with Gasteiger partial charge in [0, 0.05) is 18.2 Å². The fraction of sp³-hybridized carbons (Fsp3) is 0.700. The highest BCUT2D eigenvalue weighted by molar-refractivity contribution is 5.92. The standard InChI is InChI=1S/C10H20N2O/c1-4-5-6-9(11)7-12-10(13)8(2)3/h9H,2,4-7,11H2,1,3H3,(H,12,13). The molecule has 0 bridgehead atoms. The second-order valence-electron chi connectivity index (χ2n) is 3.39. The van der Waals surface area contributed by atoms with E-state index in [1.54, 1.807) is 6.92 Å². The fourth-order valence-electron chi connectivity index (χ4n) is 0.943. The maximum absolute atomic E-state index is 11.1. The number of nitrogens with one attached hydrogen (secondary N) is 1. The van der Waals surface area contributed by atoms with Gasteiger partial charge in [-0.15, -0.1) is 0 Å². The quantitative estimate of drug-likeness (QED) is 0.609. The van der Waals surface area contributed by atoms with Crippen LogP contribution in [0, 0.1) is 0 Å². The number of amides is 1. The van der Waals surface area contributed by atoms with E-state index in [2.05, 4.69) is 18.8 Å². The van der Waals surface area contributed by atoms with Crippen LogP contribution in [0.4, 0.5) is 0 Å². The number of nitrogens with two attached hydrogens (primary N) is 1. The monoisotopic (exact) mass is 184 g/mol. The van der Waals surface area contributed by atoms with Crippen molar-refractivity contribution >= 4 is 5.91 Å². The van der Waals surface area contributed by atoms with Gasteiger partial charge in [0.2, 0.25) is 5.91 Å². The van der Waals surface area contributed by atoms with Gasteiger partial charge in [-0.25, -0.2) is 0 Å². The van der Waals surface area contributed by atoms with Crippen LogP contribution in [-0.4, -0.2) is 18.5 Å². The second kappa shape index (κ2) is 6.66. The summed E-state index contributed by atoms with van der Waals surface area (Å²) >= 11 is 0. The lowest BCUT2D eigenvalue weighted by molar-refractivity contribution is -0.117. The van der Waals surface area contributed by atoms with Crippen molar-refractivity contribution in [1.82, 2.24) is 5.32 Å². The van der Waals surface area contributed by atoms with Crippen molar-refractivity contribution in [1.29, 1.82) is 0 Å². The first-order chi connectivity index (χ1) is 6.07. The molecule has 0 fully saturated rings. The summed E-state index contributed by atoms with van der Waals surface area (Å²) in [6, 6.07) is 0.0725. The van der Waals surface area contributed by atoms with E-state index in [1.807, 2.05) is 0 Å². The van der Waals surface area contributed by atoms with Gasteiger partial charge in [0.25, 0.3) is 0 Å². The number of unbranched alkanes of at least 4 members (excludes halogenated alkanes) is 1. The van der Waals surface area contributed by atoms with E-state index in [0.717, 1.165) is 19.3 Å². The van der Waals surface area contributed by atoms with E-state index in [9.17, 15) is 4.79 Å². The summed E-state index contributed by atoms with van der Waals surface area (Å²) in [6.07, 6.45) is 3.22. The zero-order chi connectivity index (χ0) is 10.3. The Kier molecular flexibility index (Phi) is 6.24. The van der Waals surface area contributed by atoms with Crippen molar-refractivity contribution in [3.8, 4) is 0 Å².